The first-order valence-corrected chi connectivity index (χ1v) is 11.9. The summed E-state index contributed by atoms with van der Waals surface area (Å²) in [6, 6.07) is 7.65. The molecule has 1 N–H and O–H groups in total. The van der Waals surface area contributed by atoms with Gasteiger partial charge in [0, 0.05) is 18.8 Å². The number of carbonyl (C=O) groups is 1. The maximum absolute atomic E-state index is 12.8. The van der Waals surface area contributed by atoms with Crippen LogP contribution >= 0.6 is 0 Å². The minimum atomic E-state index is -0.786. The van der Waals surface area contributed by atoms with Gasteiger partial charge in [-0.15, -0.1) is 0 Å². The van der Waals surface area contributed by atoms with Crippen molar-refractivity contribution >= 4 is 11.6 Å². The minimum absolute atomic E-state index is 0.0787. The number of unbranched alkanes of at least 4 members (excludes halogenated alkanes) is 2. The van der Waals surface area contributed by atoms with E-state index in [1.807, 2.05) is 38.1 Å². The normalized spacial score (nSPS) is 17.5. The summed E-state index contributed by atoms with van der Waals surface area (Å²) in [7, 11) is 0. The Morgan fingerprint density at radius 1 is 1.13 bits per heavy atom. The molecule has 1 heterocycles. The first-order chi connectivity index (χ1) is 14.5. The largest absolute Gasteiger partial charge is 0.494 e. The average Bonchev–Trinajstić information content (AvgIpc) is 2.74. The molecule has 1 aromatic carbocycles. The van der Waals surface area contributed by atoms with Crippen LogP contribution in [0.15, 0.2) is 24.3 Å². The molecule has 0 bridgehead atoms. The third-order valence-corrected chi connectivity index (χ3v) is 6.08. The van der Waals surface area contributed by atoms with Gasteiger partial charge in [-0.05, 0) is 82.8 Å². The van der Waals surface area contributed by atoms with Crippen molar-refractivity contribution in [2.45, 2.75) is 78.2 Å². The summed E-state index contributed by atoms with van der Waals surface area (Å²) >= 11 is 0. The number of piperidine rings is 1. The van der Waals surface area contributed by atoms with E-state index < -0.39 is 5.60 Å². The van der Waals surface area contributed by atoms with E-state index in [9.17, 15) is 4.79 Å². The zero-order chi connectivity index (χ0) is 21.8. The molecule has 0 aromatic heterocycles. The van der Waals surface area contributed by atoms with Crippen LogP contribution in [0.1, 0.15) is 72.6 Å². The number of nitrogens with one attached hydrogen (secondary N) is 1. The molecule has 5 heteroatoms. The summed E-state index contributed by atoms with van der Waals surface area (Å²) in [5.74, 6) is 1.64. The van der Waals surface area contributed by atoms with E-state index in [0.717, 1.165) is 62.6 Å². The van der Waals surface area contributed by atoms with Crippen molar-refractivity contribution in [3.63, 3.8) is 0 Å². The lowest BCUT2D eigenvalue weighted by atomic mass is 9.96. The fourth-order valence-corrected chi connectivity index (χ4v) is 3.94. The fourth-order valence-electron chi connectivity index (χ4n) is 3.94. The van der Waals surface area contributed by atoms with Crippen molar-refractivity contribution in [2.24, 2.45) is 5.92 Å². The highest BCUT2D eigenvalue weighted by atomic mass is 16.5. The Morgan fingerprint density at radius 2 is 1.83 bits per heavy atom. The number of nitrogens with zero attached hydrogens (tertiary/aromatic N) is 1. The lowest BCUT2D eigenvalue weighted by Gasteiger charge is -2.30. The Kier molecular flexibility index (Phi) is 10.7. The lowest BCUT2D eigenvalue weighted by molar-refractivity contribution is -0.139. The summed E-state index contributed by atoms with van der Waals surface area (Å²) in [4.78, 5) is 15.4. The van der Waals surface area contributed by atoms with E-state index in [-0.39, 0.29) is 5.91 Å². The second-order valence-electron chi connectivity index (χ2n) is 8.83. The molecule has 0 radical (unpaired) electrons. The van der Waals surface area contributed by atoms with Crippen molar-refractivity contribution in [3.8, 4) is 5.75 Å². The van der Waals surface area contributed by atoms with Crippen molar-refractivity contribution in [1.82, 2.24) is 4.90 Å². The van der Waals surface area contributed by atoms with Gasteiger partial charge in [0.15, 0.2) is 0 Å². The summed E-state index contributed by atoms with van der Waals surface area (Å²) < 4.78 is 11.7. The molecular formula is C25H42N2O3. The third kappa shape index (κ3) is 8.27. The zero-order valence-electron chi connectivity index (χ0n) is 19.5. The molecule has 1 fully saturated rings. The Balaban J connectivity index is 1.75. The van der Waals surface area contributed by atoms with Crippen molar-refractivity contribution < 1.29 is 14.3 Å². The molecule has 5 nitrogen and oxygen atoms in total. The molecule has 1 saturated heterocycles. The molecular weight excluding hydrogens is 376 g/mol. The zero-order valence-corrected chi connectivity index (χ0v) is 19.5. The topological polar surface area (TPSA) is 50.8 Å². The molecule has 170 valence electrons. The van der Waals surface area contributed by atoms with Crippen LogP contribution in [0, 0.1) is 5.92 Å². The first-order valence-electron chi connectivity index (χ1n) is 11.9. The van der Waals surface area contributed by atoms with Crippen LogP contribution < -0.4 is 10.1 Å². The number of rotatable bonds is 13. The summed E-state index contributed by atoms with van der Waals surface area (Å²) in [5, 5.41) is 3.01. The number of carbonyl (C=O) groups excluding carboxylic acids is 1. The van der Waals surface area contributed by atoms with E-state index in [0.29, 0.717) is 6.61 Å². The van der Waals surface area contributed by atoms with Crippen LogP contribution in [0.4, 0.5) is 5.69 Å². The van der Waals surface area contributed by atoms with Gasteiger partial charge in [0.1, 0.15) is 11.4 Å². The first kappa shape index (κ1) is 24.7. The maximum atomic E-state index is 12.8. The second-order valence-corrected chi connectivity index (χ2v) is 8.83. The molecule has 0 aliphatic carbocycles. The number of ether oxygens (including phenoxy) is 2. The van der Waals surface area contributed by atoms with Crippen molar-refractivity contribution in [1.29, 1.82) is 0 Å². The molecule has 1 aliphatic heterocycles. The van der Waals surface area contributed by atoms with Gasteiger partial charge in [0.25, 0.3) is 5.91 Å². The number of likely N-dealkylation sites (tertiary alicyclic amines) is 1. The second kappa shape index (κ2) is 13.0. The van der Waals surface area contributed by atoms with Crippen LogP contribution in [0.3, 0.4) is 0 Å². The molecule has 0 saturated carbocycles. The van der Waals surface area contributed by atoms with Gasteiger partial charge in [0.2, 0.25) is 0 Å². The number of amides is 1. The number of benzene rings is 1. The van der Waals surface area contributed by atoms with Crippen LogP contribution in [0.5, 0.6) is 5.75 Å². The van der Waals surface area contributed by atoms with E-state index in [2.05, 4.69) is 24.1 Å². The Labute approximate surface area is 183 Å². The van der Waals surface area contributed by atoms with Gasteiger partial charge < -0.3 is 19.7 Å². The quantitative estimate of drug-likeness (QED) is 0.430. The predicted molar refractivity (Wildman–Crippen MR) is 124 cm³/mol. The van der Waals surface area contributed by atoms with Gasteiger partial charge in [-0.2, -0.15) is 0 Å². The fraction of sp³-hybridized carbons (Fsp3) is 0.720. The van der Waals surface area contributed by atoms with Crippen molar-refractivity contribution in [2.75, 3.05) is 38.2 Å². The lowest BCUT2D eigenvalue weighted by Crippen LogP contribution is -2.42. The van der Waals surface area contributed by atoms with Gasteiger partial charge in [-0.25, -0.2) is 0 Å². The predicted octanol–water partition coefficient (Wildman–Crippen LogP) is 5.50. The Morgan fingerprint density at radius 3 is 2.47 bits per heavy atom. The molecule has 1 aromatic rings. The molecule has 1 aliphatic rings. The SMILES string of the molecule is CCCCCC(C)(OCC)C(=O)Nc1ccc(OCCCN2CCC(C)CC2)cc1. The number of hydrogen-bond acceptors (Lipinski definition) is 4. The van der Waals surface area contributed by atoms with Crippen LogP contribution in [0.25, 0.3) is 0 Å². The van der Waals surface area contributed by atoms with Gasteiger partial charge in [-0.1, -0.05) is 33.1 Å². The highest BCUT2D eigenvalue weighted by Gasteiger charge is 2.33. The summed E-state index contributed by atoms with van der Waals surface area (Å²) in [5.41, 5.74) is -0.0121. The maximum Gasteiger partial charge on any atom is 0.256 e. The van der Waals surface area contributed by atoms with Crippen LogP contribution in [-0.2, 0) is 9.53 Å². The Hall–Kier alpha value is -1.59. The van der Waals surface area contributed by atoms with E-state index in [1.165, 1.54) is 25.9 Å². The van der Waals surface area contributed by atoms with Crippen LogP contribution in [-0.4, -0.2) is 49.3 Å². The Bertz CT molecular complexity index is 611. The molecule has 1 amide bonds. The number of anilines is 1. The van der Waals surface area contributed by atoms with Crippen molar-refractivity contribution in [3.05, 3.63) is 24.3 Å². The van der Waals surface area contributed by atoms with E-state index >= 15 is 0 Å². The smallest absolute Gasteiger partial charge is 0.256 e. The van der Waals surface area contributed by atoms with Gasteiger partial charge in [-0.3, -0.25) is 4.79 Å². The standard InChI is InChI=1S/C25H42N2O3/c1-5-7-8-16-25(4,30-6-2)24(28)26-22-10-12-23(13-11-22)29-20-9-17-27-18-14-21(3)15-19-27/h10-13,21H,5-9,14-20H2,1-4H3,(H,26,28). The minimum Gasteiger partial charge on any atom is -0.494 e. The molecule has 30 heavy (non-hydrogen) atoms. The highest BCUT2D eigenvalue weighted by Crippen LogP contribution is 2.23. The summed E-state index contributed by atoms with van der Waals surface area (Å²) in [6.07, 6.45) is 7.63. The van der Waals surface area contributed by atoms with Crippen LogP contribution in [0.2, 0.25) is 0 Å². The molecule has 2 rings (SSSR count). The molecule has 0 spiro atoms. The van der Waals surface area contributed by atoms with Gasteiger partial charge in [0.05, 0.1) is 6.61 Å². The van der Waals surface area contributed by atoms with E-state index in [4.69, 9.17) is 9.47 Å². The average molecular weight is 419 g/mol. The van der Waals surface area contributed by atoms with E-state index in [1.54, 1.807) is 0 Å². The molecule has 1 unspecified atom stereocenters. The molecule has 1 atom stereocenters. The monoisotopic (exact) mass is 418 g/mol. The third-order valence-electron chi connectivity index (χ3n) is 6.08. The highest BCUT2D eigenvalue weighted by molar-refractivity contribution is 5.97. The summed E-state index contributed by atoms with van der Waals surface area (Å²) in [6.45, 7) is 13.1. The van der Waals surface area contributed by atoms with Gasteiger partial charge >= 0.3 is 0 Å². The number of hydrogen-bond donors (Lipinski definition) is 1.